The minimum atomic E-state index is -0.360. The molecule has 0 saturated heterocycles. The van der Waals surface area contributed by atoms with Crippen molar-refractivity contribution in [1.82, 2.24) is 0 Å². The van der Waals surface area contributed by atoms with E-state index in [9.17, 15) is 4.79 Å². The van der Waals surface area contributed by atoms with Gasteiger partial charge in [-0.15, -0.1) is 0 Å². The Morgan fingerprint density at radius 3 is 2.94 bits per heavy atom. The number of aryl methyl sites for hydroxylation is 1. The number of halogens is 1. The molecule has 1 heterocycles. The van der Waals surface area contributed by atoms with Crippen molar-refractivity contribution in [3.63, 3.8) is 0 Å². The van der Waals surface area contributed by atoms with Crippen LogP contribution in [0.1, 0.15) is 23.0 Å². The number of carbonyl (C=O) groups excluding carboxylic acids is 1. The quantitative estimate of drug-likeness (QED) is 0.751. The smallest absolute Gasteiger partial charge is 0.342 e. The van der Waals surface area contributed by atoms with Crippen molar-refractivity contribution in [2.75, 3.05) is 6.61 Å². The molecule has 1 aromatic heterocycles. The number of carbonyl (C=O) groups is 1. The number of rotatable bonds is 2. The molecule has 16 heavy (non-hydrogen) atoms. The lowest BCUT2D eigenvalue weighted by Crippen LogP contribution is -2.05. The van der Waals surface area contributed by atoms with Crippen LogP contribution in [0.5, 0.6) is 0 Å². The van der Waals surface area contributed by atoms with Crippen LogP contribution in [-0.2, 0) is 4.74 Å². The predicted molar refractivity (Wildman–Crippen MR) is 61.9 cm³/mol. The lowest BCUT2D eigenvalue weighted by atomic mass is 10.1. The first-order chi connectivity index (χ1) is 7.63. The molecule has 2 aromatic rings. The van der Waals surface area contributed by atoms with Crippen LogP contribution in [0.4, 0.5) is 0 Å². The van der Waals surface area contributed by atoms with Crippen LogP contribution < -0.4 is 0 Å². The number of fused-ring (bicyclic) bond motifs is 1. The minimum absolute atomic E-state index is 0.346. The second-order valence-electron chi connectivity index (χ2n) is 3.39. The van der Waals surface area contributed by atoms with Gasteiger partial charge in [0.1, 0.15) is 16.9 Å². The summed E-state index contributed by atoms with van der Waals surface area (Å²) < 4.78 is 10.4. The zero-order valence-electron chi connectivity index (χ0n) is 9.04. The second kappa shape index (κ2) is 4.18. The molecule has 0 N–H and O–H groups in total. The first kappa shape index (κ1) is 11.0. The molecule has 2 rings (SSSR count). The van der Waals surface area contributed by atoms with Gasteiger partial charge in [0.2, 0.25) is 0 Å². The maximum Gasteiger partial charge on any atom is 0.342 e. The van der Waals surface area contributed by atoms with Gasteiger partial charge in [-0.1, -0.05) is 11.6 Å². The molecule has 0 atom stereocenters. The van der Waals surface area contributed by atoms with Gasteiger partial charge in [0.25, 0.3) is 0 Å². The molecule has 3 nitrogen and oxygen atoms in total. The van der Waals surface area contributed by atoms with Crippen molar-refractivity contribution in [3.8, 4) is 0 Å². The van der Waals surface area contributed by atoms with E-state index in [1.54, 1.807) is 32.0 Å². The van der Waals surface area contributed by atoms with Gasteiger partial charge in [-0.3, -0.25) is 0 Å². The molecule has 0 amide bonds. The minimum Gasteiger partial charge on any atom is -0.462 e. The molecule has 0 spiro atoms. The molecular weight excluding hydrogens is 228 g/mol. The van der Waals surface area contributed by atoms with Crippen LogP contribution in [0.2, 0.25) is 5.02 Å². The molecular formula is C12H11ClO3. The number of ether oxygens (including phenoxy) is 1. The lowest BCUT2D eigenvalue weighted by Gasteiger charge is -1.99. The van der Waals surface area contributed by atoms with E-state index in [1.165, 1.54) is 0 Å². The SMILES string of the molecule is CCOC(=O)c1c(C)oc2cc(Cl)ccc12. The molecule has 0 bridgehead atoms. The van der Waals surface area contributed by atoms with Gasteiger partial charge in [-0.05, 0) is 26.0 Å². The summed E-state index contributed by atoms with van der Waals surface area (Å²) in [7, 11) is 0. The van der Waals surface area contributed by atoms with Gasteiger partial charge in [-0.25, -0.2) is 4.79 Å². The van der Waals surface area contributed by atoms with E-state index in [2.05, 4.69) is 0 Å². The van der Waals surface area contributed by atoms with Gasteiger partial charge in [0.05, 0.1) is 6.61 Å². The van der Waals surface area contributed by atoms with Crippen LogP contribution in [0.25, 0.3) is 11.0 Å². The third kappa shape index (κ3) is 1.78. The average Bonchev–Trinajstić information content (AvgIpc) is 2.53. The number of hydrogen-bond acceptors (Lipinski definition) is 3. The largest absolute Gasteiger partial charge is 0.462 e. The number of furan rings is 1. The Kier molecular flexibility index (Phi) is 2.88. The Morgan fingerprint density at radius 1 is 1.50 bits per heavy atom. The zero-order valence-corrected chi connectivity index (χ0v) is 9.80. The Balaban J connectivity index is 2.60. The molecule has 1 aromatic carbocycles. The van der Waals surface area contributed by atoms with Gasteiger partial charge in [0, 0.05) is 16.5 Å². The van der Waals surface area contributed by atoms with Crippen molar-refractivity contribution < 1.29 is 13.9 Å². The van der Waals surface area contributed by atoms with E-state index in [4.69, 9.17) is 20.8 Å². The van der Waals surface area contributed by atoms with Crippen molar-refractivity contribution in [1.29, 1.82) is 0 Å². The summed E-state index contributed by atoms with van der Waals surface area (Å²) >= 11 is 5.84. The van der Waals surface area contributed by atoms with E-state index in [1.807, 2.05) is 0 Å². The highest BCUT2D eigenvalue weighted by atomic mass is 35.5. The lowest BCUT2D eigenvalue weighted by molar-refractivity contribution is 0.0526. The molecule has 4 heteroatoms. The second-order valence-corrected chi connectivity index (χ2v) is 3.83. The zero-order chi connectivity index (χ0) is 11.7. The highest BCUT2D eigenvalue weighted by molar-refractivity contribution is 6.31. The van der Waals surface area contributed by atoms with Crippen LogP contribution >= 0.6 is 11.6 Å². The predicted octanol–water partition coefficient (Wildman–Crippen LogP) is 3.57. The van der Waals surface area contributed by atoms with Crippen LogP contribution in [0.3, 0.4) is 0 Å². The van der Waals surface area contributed by atoms with Crippen LogP contribution in [0, 0.1) is 6.92 Å². The fourth-order valence-electron chi connectivity index (χ4n) is 1.65. The normalized spacial score (nSPS) is 10.7. The topological polar surface area (TPSA) is 39.4 Å². The molecule has 0 radical (unpaired) electrons. The highest BCUT2D eigenvalue weighted by Crippen LogP contribution is 2.28. The highest BCUT2D eigenvalue weighted by Gasteiger charge is 2.19. The average molecular weight is 239 g/mol. The third-order valence-corrected chi connectivity index (χ3v) is 2.54. The summed E-state index contributed by atoms with van der Waals surface area (Å²) in [4.78, 5) is 11.7. The number of benzene rings is 1. The fraction of sp³-hybridized carbons (Fsp3) is 0.250. The Morgan fingerprint density at radius 2 is 2.25 bits per heavy atom. The standard InChI is InChI=1S/C12H11ClO3/c1-3-15-12(14)11-7(2)16-10-6-8(13)4-5-9(10)11/h4-6H,3H2,1-2H3. The van der Waals surface area contributed by atoms with Gasteiger partial charge >= 0.3 is 5.97 Å². The molecule has 0 fully saturated rings. The summed E-state index contributed by atoms with van der Waals surface area (Å²) in [6.07, 6.45) is 0. The molecule has 0 aliphatic heterocycles. The summed E-state index contributed by atoms with van der Waals surface area (Å²) in [6.45, 7) is 3.85. The number of hydrogen-bond donors (Lipinski definition) is 0. The summed E-state index contributed by atoms with van der Waals surface area (Å²) in [5.41, 5.74) is 1.08. The van der Waals surface area contributed by atoms with Crippen LogP contribution in [0.15, 0.2) is 22.6 Å². The third-order valence-electron chi connectivity index (χ3n) is 2.31. The fourth-order valence-corrected chi connectivity index (χ4v) is 1.81. The Bertz CT molecular complexity index is 542. The monoisotopic (exact) mass is 238 g/mol. The molecule has 84 valence electrons. The van der Waals surface area contributed by atoms with Crippen molar-refractivity contribution in [2.45, 2.75) is 13.8 Å². The molecule has 0 aliphatic rings. The van der Waals surface area contributed by atoms with Crippen molar-refractivity contribution in [2.24, 2.45) is 0 Å². The van der Waals surface area contributed by atoms with Gasteiger partial charge in [0.15, 0.2) is 0 Å². The van der Waals surface area contributed by atoms with Crippen LogP contribution in [-0.4, -0.2) is 12.6 Å². The van der Waals surface area contributed by atoms with E-state index in [0.717, 1.165) is 5.39 Å². The molecule has 0 saturated carbocycles. The van der Waals surface area contributed by atoms with E-state index in [0.29, 0.717) is 28.5 Å². The molecule has 0 unspecified atom stereocenters. The summed E-state index contributed by atoms with van der Waals surface area (Å²) in [6, 6.07) is 5.18. The van der Waals surface area contributed by atoms with E-state index in [-0.39, 0.29) is 5.97 Å². The van der Waals surface area contributed by atoms with Crippen molar-refractivity contribution >= 4 is 28.5 Å². The Hall–Kier alpha value is -1.48. The van der Waals surface area contributed by atoms with Crippen molar-refractivity contribution in [3.05, 3.63) is 34.5 Å². The molecule has 0 aliphatic carbocycles. The van der Waals surface area contributed by atoms with E-state index < -0.39 is 0 Å². The van der Waals surface area contributed by atoms with Gasteiger partial charge in [-0.2, -0.15) is 0 Å². The maximum absolute atomic E-state index is 11.7. The maximum atomic E-state index is 11.7. The van der Waals surface area contributed by atoms with E-state index >= 15 is 0 Å². The summed E-state index contributed by atoms with van der Waals surface area (Å²) in [5.74, 6) is 0.191. The first-order valence-corrected chi connectivity index (χ1v) is 5.37. The summed E-state index contributed by atoms with van der Waals surface area (Å²) in [5, 5.41) is 1.32. The first-order valence-electron chi connectivity index (χ1n) is 4.99. The van der Waals surface area contributed by atoms with Gasteiger partial charge < -0.3 is 9.15 Å². The Labute approximate surface area is 97.9 Å². The number of esters is 1.